The first-order valence-corrected chi connectivity index (χ1v) is 19.8. The molecule has 4 aliphatic rings. The molecule has 0 aromatic heterocycles. The van der Waals surface area contributed by atoms with E-state index in [9.17, 15) is 0 Å². The summed E-state index contributed by atoms with van der Waals surface area (Å²) in [4.78, 5) is 2.60. The fraction of sp³-hybridized carbons (Fsp3) is 0.106. The van der Waals surface area contributed by atoms with E-state index in [1.807, 2.05) is 0 Å². The summed E-state index contributed by atoms with van der Waals surface area (Å²) >= 11 is 0. The zero-order valence-corrected chi connectivity index (χ0v) is 28.4. The van der Waals surface area contributed by atoms with E-state index >= 15 is 0 Å². The standard InChI is InChI=1S/C47H35NSi/c1-2-14-32(15-3-1)33-24-27-42-40(30-33)47(28-12-13-29-47)39-19-7-8-20-41(39)48(42)34-25-26-38-37-18-6-11-23-45(37)49(46(38)31-34)43-21-9-4-16-35(43)36-17-5-10-22-44(36)49/h1-11,14-27,30-31H,12-13,28-29H2. The summed E-state index contributed by atoms with van der Waals surface area (Å²) in [6, 6.07) is 62.7. The van der Waals surface area contributed by atoms with E-state index in [0.29, 0.717) is 0 Å². The zero-order chi connectivity index (χ0) is 32.2. The highest BCUT2D eigenvalue weighted by Crippen LogP contribution is 2.58. The number of benzene rings is 7. The van der Waals surface area contributed by atoms with Crippen LogP contribution in [0.15, 0.2) is 164 Å². The SMILES string of the molecule is c1ccc(-c2ccc3c(c2)C2(CCCC2)c2ccccc2N3c2ccc3c(c2)[Si]2(c4ccccc4-c4ccccc42)c2ccccc2-3)cc1. The van der Waals surface area contributed by atoms with Crippen molar-refractivity contribution in [2.45, 2.75) is 31.1 Å². The predicted molar refractivity (Wildman–Crippen MR) is 207 cm³/mol. The van der Waals surface area contributed by atoms with Gasteiger partial charge in [0.1, 0.15) is 0 Å². The normalized spacial score (nSPS) is 16.5. The molecule has 7 aromatic rings. The Balaban J connectivity index is 1.19. The lowest BCUT2D eigenvalue weighted by Gasteiger charge is -2.44. The maximum absolute atomic E-state index is 2.60. The Morgan fingerprint density at radius 3 is 1.63 bits per heavy atom. The molecule has 3 heterocycles. The molecule has 11 rings (SSSR count). The number of nitrogens with zero attached hydrogens (tertiary/aromatic N) is 1. The Labute approximate surface area is 289 Å². The first-order valence-electron chi connectivity index (χ1n) is 17.8. The molecule has 1 nitrogen and oxygen atoms in total. The maximum atomic E-state index is 2.60. The quantitative estimate of drug-likeness (QED) is 0.170. The van der Waals surface area contributed by atoms with E-state index in [4.69, 9.17) is 0 Å². The summed E-state index contributed by atoms with van der Waals surface area (Å²) in [6.45, 7) is 0. The Hall–Kier alpha value is -5.44. The fourth-order valence-electron chi connectivity index (χ4n) is 10.3. The Morgan fingerprint density at radius 2 is 0.959 bits per heavy atom. The third-order valence-corrected chi connectivity index (χ3v) is 17.2. The van der Waals surface area contributed by atoms with Gasteiger partial charge in [0.15, 0.2) is 8.07 Å². The summed E-state index contributed by atoms with van der Waals surface area (Å²) in [6.07, 6.45) is 4.94. The van der Waals surface area contributed by atoms with Crippen molar-refractivity contribution in [3.05, 3.63) is 175 Å². The highest BCUT2D eigenvalue weighted by molar-refractivity contribution is 7.24. The molecule has 2 spiro atoms. The number of hydrogen-bond donors (Lipinski definition) is 0. The van der Waals surface area contributed by atoms with Crippen LogP contribution in [0, 0.1) is 0 Å². The molecular weight excluding hydrogens is 607 g/mol. The molecule has 0 bridgehead atoms. The minimum atomic E-state index is -2.54. The molecule has 2 heteroatoms. The van der Waals surface area contributed by atoms with Crippen molar-refractivity contribution in [3.63, 3.8) is 0 Å². The number of rotatable bonds is 2. The summed E-state index contributed by atoms with van der Waals surface area (Å²) in [5.41, 5.74) is 15.1. The van der Waals surface area contributed by atoms with Gasteiger partial charge in [-0.1, -0.05) is 146 Å². The topological polar surface area (TPSA) is 3.24 Å². The molecule has 1 fully saturated rings. The average molecular weight is 642 g/mol. The van der Waals surface area contributed by atoms with Gasteiger partial charge in [0.25, 0.3) is 0 Å². The van der Waals surface area contributed by atoms with E-state index < -0.39 is 8.07 Å². The van der Waals surface area contributed by atoms with Crippen molar-refractivity contribution >= 4 is 45.9 Å². The van der Waals surface area contributed by atoms with Crippen LogP contribution in [0.5, 0.6) is 0 Å². The number of anilines is 3. The van der Waals surface area contributed by atoms with Crippen LogP contribution in [0.1, 0.15) is 36.8 Å². The number of hydrogen-bond acceptors (Lipinski definition) is 1. The molecule has 0 unspecified atom stereocenters. The van der Waals surface area contributed by atoms with Gasteiger partial charge in [0.05, 0.1) is 11.4 Å². The third-order valence-electron chi connectivity index (χ3n) is 12.2. The highest BCUT2D eigenvalue weighted by Gasteiger charge is 2.54. The molecule has 0 amide bonds. The number of para-hydroxylation sites is 1. The van der Waals surface area contributed by atoms with Crippen LogP contribution in [-0.4, -0.2) is 8.07 Å². The lowest BCUT2D eigenvalue weighted by Crippen LogP contribution is -2.70. The van der Waals surface area contributed by atoms with Gasteiger partial charge < -0.3 is 4.90 Å². The summed E-state index contributed by atoms with van der Waals surface area (Å²) in [5.74, 6) is 0. The molecular formula is C47H35NSi. The Morgan fingerprint density at radius 1 is 0.408 bits per heavy atom. The molecule has 232 valence electrons. The van der Waals surface area contributed by atoms with Gasteiger partial charge in [0.2, 0.25) is 0 Å². The summed E-state index contributed by atoms with van der Waals surface area (Å²) < 4.78 is 0. The van der Waals surface area contributed by atoms with E-state index in [1.165, 1.54) is 108 Å². The van der Waals surface area contributed by atoms with Gasteiger partial charge in [-0.15, -0.1) is 0 Å². The molecule has 0 atom stereocenters. The van der Waals surface area contributed by atoms with Crippen molar-refractivity contribution in [1.82, 2.24) is 0 Å². The van der Waals surface area contributed by atoms with Gasteiger partial charge in [0, 0.05) is 11.1 Å². The first-order chi connectivity index (χ1) is 24.3. The third kappa shape index (κ3) is 3.49. The minimum absolute atomic E-state index is 0.0412. The Kier molecular flexibility index (Phi) is 5.64. The van der Waals surface area contributed by atoms with Crippen LogP contribution in [0.3, 0.4) is 0 Å². The molecule has 3 aliphatic heterocycles. The zero-order valence-electron chi connectivity index (χ0n) is 27.4. The molecule has 49 heavy (non-hydrogen) atoms. The minimum Gasteiger partial charge on any atom is -0.310 e. The number of fused-ring (bicyclic) bond motifs is 14. The van der Waals surface area contributed by atoms with E-state index in [1.54, 1.807) is 0 Å². The molecule has 0 saturated heterocycles. The van der Waals surface area contributed by atoms with Crippen molar-refractivity contribution in [2.24, 2.45) is 0 Å². The molecule has 7 aromatic carbocycles. The van der Waals surface area contributed by atoms with Crippen LogP contribution < -0.4 is 25.6 Å². The largest absolute Gasteiger partial charge is 0.310 e. The summed E-state index contributed by atoms with van der Waals surface area (Å²) in [7, 11) is -2.54. The maximum Gasteiger partial charge on any atom is 0.182 e. The van der Waals surface area contributed by atoms with E-state index in [-0.39, 0.29) is 5.41 Å². The van der Waals surface area contributed by atoms with Crippen LogP contribution in [0.4, 0.5) is 17.1 Å². The smallest absolute Gasteiger partial charge is 0.182 e. The average Bonchev–Trinajstić information content (AvgIpc) is 3.86. The second-order valence-corrected chi connectivity index (χ2v) is 18.0. The molecule has 1 aliphatic carbocycles. The van der Waals surface area contributed by atoms with Gasteiger partial charge in [-0.25, -0.2) is 0 Å². The van der Waals surface area contributed by atoms with E-state index in [0.717, 1.165) is 0 Å². The van der Waals surface area contributed by atoms with Gasteiger partial charge in [-0.2, -0.15) is 0 Å². The van der Waals surface area contributed by atoms with Crippen LogP contribution >= 0.6 is 0 Å². The van der Waals surface area contributed by atoms with Gasteiger partial charge >= 0.3 is 0 Å². The lowest BCUT2D eigenvalue weighted by molar-refractivity contribution is 0.530. The van der Waals surface area contributed by atoms with Crippen LogP contribution in [0.2, 0.25) is 0 Å². The highest BCUT2D eigenvalue weighted by atomic mass is 28.3. The van der Waals surface area contributed by atoms with Gasteiger partial charge in [-0.05, 0) is 108 Å². The predicted octanol–water partition coefficient (Wildman–Crippen LogP) is 9.34. The van der Waals surface area contributed by atoms with Crippen molar-refractivity contribution in [1.29, 1.82) is 0 Å². The van der Waals surface area contributed by atoms with Crippen molar-refractivity contribution in [2.75, 3.05) is 4.90 Å². The second-order valence-electron chi connectivity index (χ2n) is 14.4. The Bertz CT molecular complexity index is 2410. The first kappa shape index (κ1) is 27.5. The van der Waals surface area contributed by atoms with Gasteiger partial charge in [-0.3, -0.25) is 0 Å². The lowest BCUT2D eigenvalue weighted by atomic mass is 9.69. The molecule has 0 radical (unpaired) electrons. The fourth-order valence-corrected chi connectivity index (χ4v) is 15.9. The molecule has 0 N–H and O–H groups in total. The summed E-state index contributed by atoms with van der Waals surface area (Å²) in [5, 5.41) is 6.09. The van der Waals surface area contributed by atoms with Crippen LogP contribution in [0.25, 0.3) is 33.4 Å². The van der Waals surface area contributed by atoms with Crippen molar-refractivity contribution < 1.29 is 0 Å². The second kappa shape index (κ2) is 10.0. The van der Waals surface area contributed by atoms with E-state index in [2.05, 4.69) is 169 Å². The van der Waals surface area contributed by atoms with Crippen LogP contribution in [-0.2, 0) is 5.41 Å². The monoisotopic (exact) mass is 641 g/mol. The van der Waals surface area contributed by atoms with Crippen molar-refractivity contribution in [3.8, 4) is 33.4 Å². The molecule has 1 saturated carbocycles.